The number of hydrogen-bond donors (Lipinski definition) is 1. The largest absolute Gasteiger partial charge is 0.452 e. The van der Waals surface area contributed by atoms with Crippen molar-refractivity contribution in [1.29, 1.82) is 0 Å². The zero-order valence-electron chi connectivity index (χ0n) is 13.4. The van der Waals surface area contributed by atoms with Gasteiger partial charge in [-0.05, 0) is 42.6 Å². The number of carbonyl (C=O) groups is 2. The van der Waals surface area contributed by atoms with E-state index in [4.69, 9.17) is 4.74 Å². The van der Waals surface area contributed by atoms with E-state index in [0.717, 1.165) is 10.6 Å². The van der Waals surface area contributed by atoms with Crippen molar-refractivity contribution in [2.75, 3.05) is 25.6 Å². The molecule has 1 N–H and O–H groups in total. The average molecular weight is 332 g/mol. The summed E-state index contributed by atoms with van der Waals surface area (Å²) in [5.74, 6) is -0.821. The molecule has 0 aliphatic carbocycles. The summed E-state index contributed by atoms with van der Waals surface area (Å²) in [6.45, 7) is 1.61. The van der Waals surface area contributed by atoms with E-state index < -0.39 is 5.97 Å². The van der Waals surface area contributed by atoms with Gasteiger partial charge in [-0.2, -0.15) is 0 Å². The number of rotatable bonds is 6. The number of anilines is 1. The summed E-state index contributed by atoms with van der Waals surface area (Å²) in [5, 5.41) is 4.75. The second-order valence-corrected chi connectivity index (χ2v) is 6.30. The molecule has 0 unspecified atom stereocenters. The number of ether oxygens (including phenoxy) is 1. The van der Waals surface area contributed by atoms with Crippen LogP contribution in [0, 0.1) is 0 Å². The van der Waals surface area contributed by atoms with Gasteiger partial charge >= 0.3 is 5.97 Å². The van der Waals surface area contributed by atoms with Gasteiger partial charge in [0.1, 0.15) is 0 Å². The summed E-state index contributed by atoms with van der Waals surface area (Å²) in [6, 6.07) is 10.8. The van der Waals surface area contributed by atoms with Crippen molar-refractivity contribution in [2.24, 2.45) is 0 Å². The third kappa shape index (κ3) is 4.82. The van der Waals surface area contributed by atoms with E-state index in [1.165, 1.54) is 0 Å². The molecule has 6 heteroatoms. The second-order valence-electron chi connectivity index (χ2n) is 5.32. The van der Waals surface area contributed by atoms with E-state index in [9.17, 15) is 9.59 Å². The molecule has 1 amide bonds. The van der Waals surface area contributed by atoms with Crippen LogP contribution in [-0.4, -0.2) is 32.6 Å². The molecule has 1 atom stereocenters. The van der Waals surface area contributed by atoms with Crippen LogP contribution in [0.25, 0.3) is 0 Å². The van der Waals surface area contributed by atoms with E-state index in [1.807, 2.05) is 55.6 Å². The minimum Gasteiger partial charge on any atom is -0.452 e. The number of benzene rings is 1. The number of amides is 1. The van der Waals surface area contributed by atoms with Crippen molar-refractivity contribution in [3.63, 3.8) is 0 Å². The van der Waals surface area contributed by atoms with E-state index in [-0.39, 0.29) is 18.6 Å². The Kier molecular flexibility index (Phi) is 5.76. The molecule has 1 heterocycles. The molecule has 2 rings (SSSR count). The molecule has 23 heavy (non-hydrogen) atoms. The SMILES string of the molecule is C[C@@H](NC(=O)COC(=O)c1ccc(N(C)C)cc1)c1cccs1. The van der Waals surface area contributed by atoms with Gasteiger partial charge in [0.2, 0.25) is 0 Å². The highest BCUT2D eigenvalue weighted by Crippen LogP contribution is 2.18. The van der Waals surface area contributed by atoms with Gasteiger partial charge in [-0.15, -0.1) is 11.3 Å². The van der Waals surface area contributed by atoms with Crippen LogP contribution in [0.5, 0.6) is 0 Å². The molecular weight excluding hydrogens is 312 g/mol. The third-order valence-electron chi connectivity index (χ3n) is 3.30. The lowest BCUT2D eigenvalue weighted by molar-refractivity contribution is -0.124. The zero-order valence-corrected chi connectivity index (χ0v) is 14.2. The van der Waals surface area contributed by atoms with E-state index in [2.05, 4.69) is 5.32 Å². The lowest BCUT2D eigenvalue weighted by Crippen LogP contribution is -2.30. The standard InChI is InChI=1S/C17H20N2O3S/c1-12(15-5-4-10-23-15)18-16(20)11-22-17(21)13-6-8-14(9-7-13)19(2)3/h4-10,12H,11H2,1-3H3,(H,18,20)/t12-/m1/s1. The van der Waals surface area contributed by atoms with Crippen LogP contribution in [-0.2, 0) is 9.53 Å². The molecule has 5 nitrogen and oxygen atoms in total. The van der Waals surface area contributed by atoms with Crippen LogP contribution in [0.4, 0.5) is 5.69 Å². The fourth-order valence-corrected chi connectivity index (χ4v) is 2.74. The van der Waals surface area contributed by atoms with Crippen molar-refractivity contribution in [1.82, 2.24) is 5.32 Å². The monoisotopic (exact) mass is 332 g/mol. The predicted molar refractivity (Wildman–Crippen MR) is 91.9 cm³/mol. The van der Waals surface area contributed by atoms with Crippen molar-refractivity contribution in [2.45, 2.75) is 13.0 Å². The second kappa shape index (κ2) is 7.78. The molecule has 2 aromatic rings. The van der Waals surface area contributed by atoms with Crippen LogP contribution in [0.15, 0.2) is 41.8 Å². The van der Waals surface area contributed by atoms with Crippen molar-refractivity contribution in [3.05, 3.63) is 52.2 Å². The van der Waals surface area contributed by atoms with Crippen molar-refractivity contribution >= 4 is 28.9 Å². The van der Waals surface area contributed by atoms with Gasteiger partial charge in [0.25, 0.3) is 5.91 Å². The highest BCUT2D eigenvalue weighted by atomic mass is 32.1. The zero-order chi connectivity index (χ0) is 16.8. The van der Waals surface area contributed by atoms with Crippen molar-refractivity contribution in [3.8, 4) is 0 Å². The highest BCUT2D eigenvalue weighted by molar-refractivity contribution is 7.10. The van der Waals surface area contributed by atoms with Crippen LogP contribution in [0.1, 0.15) is 28.2 Å². The lowest BCUT2D eigenvalue weighted by atomic mass is 10.2. The maximum absolute atomic E-state index is 11.9. The Bertz CT molecular complexity index is 651. The Hall–Kier alpha value is -2.34. The molecule has 1 aromatic heterocycles. The quantitative estimate of drug-likeness (QED) is 0.827. The molecular formula is C17H20N2O3S. The summed E-state index contributed by atoms with van der Waals surface area (Å²) in [5.41, 5.74) is 1.42. The van der Waals surface area contributed by atoms with Gasteiger partial charge in [0.05, 0.1) is 11.6 Å². The topological polar surface area (TPSA) is 58.6 Å². The average Bonchev–Trinajstić information content (AvgIpc) is 3.07. The lowest BCUT2D eigenvalue weighted by Gasteiger charge is -2.13. The first-order valence-electron chi connectivity index (χ1n) is 7.24. The van der Waals surface area contributed by atoms with E-state index >= 15 is 0 Å². The minimum absolute atomic E-state index is 0.0967. The van der Waals surface area contributed by atoms with Crippen LogP contribution in [0.3, 0.4) is 0 Å². The van der Waals surface area contributed by atoms with E-state index in [0.29, 0.717) is 5.56 Å². The minimum atomic E-state index is -0.505. The maximum Gasteiger partial charge on any atom is 0.338 e. The number of thiophene rings is 1. The Balaban J connectivity index is 1.82. The first-order valence-corrected chi connectivity index (χ1v) is 8.12. The van der Waals surface area contributed by atoms with Gasteiger partial charge in [-0.25, -0.2) is 4.79 Å². The van der Waals surface area contributed by atoms with E-state index in [1.54, 1.807) is 23.5 Å². The Morgan fingerprint density at radius 2 is 1.91 bits per heavy atom. The molecule has 0 spiro atoms. The Morgan fingerprint density at radius 3 is 2.48 bits per heavy atom. The molecule has 122 valence electrons. The Morgan fingerprint density at radius 1 is 1.22 bits per heavy atom. The molecule has 0 aliphatic heterocycles. The normalized spacial score (nSPS) is 11.6. The summed E-state index contributed by atoms with van der Waals surface area (Å²) in [6.07, 6.45) is 0. The molecule has 0 bridgehead atoms. The summed E-state index contributed by atoms with van der Waals surface area (Å²) < 4.78 is 5.05. The summed E-state index contributed by atoms with van der Waals surface area (Å²) in [7, 11) is 3.85. The number of carbonyl (C=O) groups excluding carboxylic acids is 2. The summed E-state index contributed by atoms with van der Waals surface area (Å²) in [4.78, 5) is 26.8. The molecule has 0 saturated heterocycles. The van der Waals surface area contributed by atoms with Gasteiger partial charge in [0.15, 0.2) is 6.61 Å². The molecule has 0 fully saturated rings. The smallest absolute Gasteiger partial charge is 0.338 e. The van der Waals surface area contributed by atoms with Gasteiger partial charge in [-0.1, -0.05) is 6.07 Å². The van der Waals surface area contributed by atoms with Gasteiger partial charge in [0, 0.05) is 24.7 Å². The first kappa shape index (κ1) is 17.0. The van der Waals surface area contributed by atoms with Crippen LogP contribution in [0.2, 0.25) is 0 Å². The summed E-state index contributed by atoms with van der Waals surface area (Å²) >= 11 is 1.57. The molecule has 0 aliphatic rings. The van der Waals surface area contributed by atoms with Gasteiger partial charge in [-0.3, -0.25) is 4.79 Å². The molecule has 1 aromatic carbocycles. The fraction of sp³-hybridized carbons (Fsp3) is 0.294. The number of esters is 1. The highest BCUT2D eigenvalue weighted by Gasteiger charge is 2.13. The van der Waals surface area contributed by atoms with Gasteiger partial charge < -0.3 is 15.0 Å². The van der Waals surface area contributed by atoms with Crippen LogP contribution < -0.4 is 10.2 Å². The number of nitrogens with zero attached hydrogens (tertiary/aromatic N) is 1. The third-order valence-corrected chi connectivity index (χ3v) is 4.36. The molecule has 0 saturated carbocycles. The maximum atomic E-state index is 11.9. The van der Waals surface area contributed by atoms with Crippen molar-refractivity contribution < 1.29 is 14.3 Å². The number of hydrogen-bond acceptors (Lipinski definition) is 5. The fourth-order valence-electron chi connectivity index (χ4n) is 2.00. The van der Waals surface area contributed by atoms with Crippen LogP contribution >= 0.6 is 11.3 Å². The predicted octanol–water partition coefficient (Wildman–Crippen LogP) is 2.85. The Labute approximate surface area is 139 Å². The molecule has 0 radical (unpaired) electrons. The number of nitrogens with one attached hydrogen (secondary N) is 1. The first-order chi connectivity index (χ1) is 11.0.